The van der Waals surface area contributed by atoms with E-state index in [1.54, 1.807) is 54.6 Å². The molecular weight excluding hydrogens is 307 g/mol. The van der Waals surface area contributed by atoms with Crippen LogP contribution in [0.25, 0.3) is 0 Å². The minimum atomic E-state index is -0.433. The van der Waals surface area contributed by atoms with Crippen LogP contribution in [0.1, 0.15) is 22.6 Å². The Labute approximate surface area is 139 Å². The summed E-state index contributed by atoms with van der Waals surface area (Å²) < 4.78 is 19.1. The number of phenols is 2. The zero-order valence-corrected chi connectivity index (χ0v) is 13.1. The molecule has 0 aliphatic carbocycles. The van der Waals surface area contributed by atoms with Crippen molar-refractivity contribution in [1.82, 2.24) is 0 Å². The first kappa shape index (κ1) is 15.9. The summed E-state index contributed by atoms with van der Waals surface area (Å²) in [4.78, 5) is 0. The highest BCUT2D eigenvalue weighted by Crippen LogP contribution is 2.35. The third-order valence-corrected chi connectivity index (χ3v) is 3.96. The van der Waals surface area contributed by atoms with E-state index in [-0.39, 0.29) is 23.2 Å². The summed E-state index contributed by atoms with van der Waals surface area (Å²) in [6, 6.07) is 18.5. The fourth-order valence-corrected chi connectivity index (χ4v) is 2.77. The molecule has 3 nitrogen and oxygen atoms in total. The molecule has 24 heavy (non-hydrogen) atoms. The minimum Gasteiger partial charge on any atom is -0.508 e. The Balaban J connectivity index is 2.12. The van der Waals surface area contributed by atoms with E-state index in [9.17, 15) is 14.6 Å². The molecule has 3 aromatic carbocycles. The van der Waals surface area contributed by atoms with Crippen molar-refractivity contribution in [2.75, 3.05) is 7.11 Å². The van der Waals surface area contributed by atoms with E-state index in [2.05, 4.69) is 0 Å². The number of ether oxygens (including phenoxy) is 1. The van der Waals surface area contributed by atoms with Crippen molar-refractivity contribution >= 4 is 0 Å². The van der Waals surface area contributed by atoms with Crippen molar-refractivity contribution < 1.29 is 19.3 Å². The molecule has 0 spiro atoms. The van der Waals surface area contributed by atoms with Gasteiger partial charge in [-0.1, -0.05) is 30.3 Å². The fourth-order valence-electron chi connectivity index (χ4n) is 2.77. The van der Waals surface area contributed by atoms with Gasteiger partial charge in [0, 0.05) is 5.92 Å². The van der Waals surface area contributed by atoms with Gasteiger partial charge in [-0.3, -0.25) is 0 Å². The van der Waals surface area contributed by atoms with E-state index in [1.807, 2.05) is 6.07 Å². The third kappa shape index (κ3) is 3.18. The Morgan fingerprint density at radius 1 is 0.750 bits per heavy atom. The maximum Gasteiger partial charge on any atom is 0.165 e. The van der Waals surface area contributed by atoms with Crippen molar-refractivity contribution in [3.8, 4) is 17.2 Å². The Morgan fingerprint density at radius 2 is 1.21 bits per heavy atom. The molecule has 0 heterocycles. The lowest BCUT2D eigenvalue weighted by Crippen LogP contribution is -2.04. The summed E-state index contributed by atoms with van der Waals surface area (Å²) in [7, 11) is 1.43. The predicted molar refractivity (Wildman–Crippen MR) is 90.1 cm³/mol. The Morgan fingerprint density at radius 3 is 1.62 bits per heavy atom. The third-order valence-electron chi connectivity index (χ3n) is 3.96. The number of hydrogen-bond acceptors (Lipinski definition) is 3. The van der Waals surface area contributed by atoms with E-state index in [0.29, 0.717) is 0 Å². The van der Waals surface area contributed by atoms with Crippen LogP contribution in [0.5, 0.6) is 17.2 Å². The van der Waals surface area contributed by atoms with Crippen LogP contribution < -0.4 is 4.74 Å². The average Bonchev–Trinajstić information content (AvgIpc) is 2.59. The molecule has 0 atom stereocenters. The molecule has 0 radical (unpaired) electrons. The van der Waals surface area contributed by atoms with Gasteiger partial charge in [-0.05, 0) is 53.1 Å². The molecule has 0 unspecified atom stereocenters. The maximum atomic E-state index is 14.2. The molecule has 0 aliphatic rings. The number of benzene rings is 3. The Kier molecular flexibility index (Phi) is 4.38. The Bertz CT molecular complexity index is 781. The average molecular weight is 324 g/mol. The maximum absolute atomic E-state index is 14.2. The quantitative estimate of drug-likeness (QED) is 0.698. The van der Waals surface area contributed by atoms with E-state index < -0.39 is 5.82 Å². The molecule has 2 N–H and O–H groups in total. The molecule has 0 bridgehead atoms. The van der Waals surface area contributed by atoms with E-state index in [4.69, 9.17) is 4.74 Å². The fraction of sp³-hybridized carbons (Fsp3) is 0.100. The number of hydrogen-bond donors (Lipinski definition) is 2. The molecule has 122 valence electrons. The number of phenolic OH excluding ortho intramolecular Hbond substituents is 2. The standard InChI is InChI=1S/C20H17FO3/c1-24-19-11-6-15(12-18(19)21)20(13-2-7-16(22)8-3-13)14-4-9-17(23)10-5-14/h2-12,20,22-23H,1H3. The second kappa shape index (κ2) is 6.62. The molecule has 0 aromatic heterocycles. The summed E-state index contributed by atoms with van der Waals surface area (Å²) in [6.45, 7) is 0. The molecule has 0 amide bonds. The highest BCUT2D eigenvalue weighted by Gasteiger charge is 2.18. The first-order valence-corrected chi connectivity index (χ1v) is 7.50. The number of halogens is 1. The molecule has 3 aromatic rings. The lowest BCUT2D eigenvalue weighted by Gasteiger charge is -2.19. The van der Waals surface area contributed by atoms with Gasteiger partial charge < -0.3 is 14.9 Å². The van der Waals surface area contributed by atoms with Gasteiger partial charge in [-0.25, -0.2) is 4.39 Å². The lowest BCUT2D eigenvalue weighted by atomic mass is 9.85. The minimum absolute atomic E-state index is 0.170. The van der Waals surface area contributed by atoms with Gasteiger partial charge in [0.2, 0.25) is 0 Å². The van der Waals surface area contributed by atoms with Crippen molar-refractivity contribution in [2.24, 2.45) is 0 Å². The second-order valence-corrected chi connectivity index (χ2v) is 5.51. The highest BCUT2D eigenvalue weighted by molar-refractivity contribution is 5.46. The van der Waals surface area contributed by atoms with Crippen molar-refractivity contribution in [2.45, 2.75) is 5.92 Å². The van der Waals surface area contributed by atoms with Crippen LogP contribution >= 0.6 is 0 Å². The Hall–Kier alpha value is -3.01. The molecule has 0 fully saturated rings. The number of rotatable bonds is 4. The monoisotopic (exact) mass is 324 g/mol. The van der Waals surface area contributed by atoms with E-state index in [1.165, 1.54) is 13.2 Å². The zero-order valence-electron chi connectivity index (χ0n) is 13.1. The SMILES string of the molecule is COc1ccc(C(c2ccc(O)cc2)c2ccc(O)cc2)cc1F. The summed E-state index contributed by atoms with van der Waals surface area (Å²) in [5.74, 6) is -0.133. The largest absolute Gasteiger partial charge is 0.508 e. The molecule has 3 rings (SSSR count). The van der Waals surface area contributed by atoms with Crippen LogP contribution in [0.15, 0.2) is 66.7 Å². The van der Waals surface area contributed by atoms with Gasteiger partial charge in [0.1, 0.15) is 11.5 Å². The number of methoxy groups -OCH3 is 1. The van der Waals surface area contributed by atoms with Crippen molar-refractivity contribution in [3.05, 3.63) is 89.2 Å². The van der Waals surface area contributed by atoms with E-state index in [0.717, 1.165) is 16.7 Å². The van der Waals surface area contributed by atoms with Crippen LogP contribution in [-0.4, -0.2) is 17.3 Å². The topological polar surface area (TPSA) is 49.7 Å². The highest BCUT2D eigenvalue weighted by atomic mass is 19.1. The summed E-state index contributed by atoms with van der Waals surface area (Å²) in [5, 5.41) is 19.0. The van der Waals surface area contributed by atoms with Crippen molar-refractivity contribution in [1.29, 1.82) is 0 Å². The van der Waals surface area contributed by atoms with Gasteiger partial charge in [0.25, 0.3) is 0 Å². The normalized spacial score (nSPS) is 10.8. The van der Waals surface area contributed by atoms with Gasteiger partial charge in [-0.15, -0.1) is 0 Å². The molecule has 0 saturated carbocycles. The first-order valence-electron chi connectivity index (χ1n) is 7.50. The predicted octanol–water partition coefficient (Wildman–Crippen LogP) is 4.43. The second-order valence-electron chi connectivity index (χ2n) is 5.51. The summed E-state index contributed by atoms with van der Waals surface area (Å²) in [5.41, 5.74) is 2.57. The van der Waals surface area contributed by atoms with E-state index >= 15 is 0 Å². The number of aromatic hydroxyl groups is 2. The summed E-state index contributed by atoms with van der Waals surface area (Å²) >= 11 is 0. The van der Waals surface area contributed by atoms with Crippen LogP contribution in [0.4, 0.5) is 4.39 Å². The van der Waals surface area contributed by atoms with Gasteiger partial charge in [0.15, 0.2) is 11.6 Å². The first-order chi connectivity index (χ1) is 11.6. The molecular formula is C20H17FO3. The summed E-state index contributed by atoms with van der Waals surface area (Å²) in [6.07, 6.45) is 0. The zero-order chi connectivity index (χ0) is 17.1. The van der Waals surface area contributed by atoms with Crippen LogP contribution in [-0.2, 0) is 0 Å². The molecule has 4 heteroatoms. The lowest BCUT2D eigenvalue weighted by molar-refractivity contribution is 0.386. The van der Waals surface area contributed by atoms with Crippen molar-refractivity contribution in [3.63, 3.8) is 0 Å². The smallest absolute Gasteiger partial charge is 0.165 e. The molecule has 0 saturated heterocycles. The van der Waals surface area contributed by atoms with Gasteiger partial charge in [0.05, 0.1) is 7.11 Å². The van der Waals surface area contributed by atoms with Gasteiger partial charge in [-0.2, -0.15) is 0 Å². The van der Waals surface area contributed by atoms with Gasteiger partial charge >= 0.3 is 0 Å². The van der Waals surface area contributed by atoms with Crippen LogP contribution in [0, 0.1) is 5.82 Å². The molecule has 0 aliphatic heterocycles. The van der Waals surface area contributed by atoms with Crippen LogP contribution in [0.2, 0.25) is 0 Å². The van der Waals surface area contributed by atoms with Crippen LogP contribution in [0.3, 0.4) is 0 Å².